The van der Waals surface area contributed by atoms with Crippen LogP contribution < -0.4 is 17.0 Å². The van der Waals surface area contributed by atoms with Gasteiger partial charge in [0.15, 0.2) is 0 Å². The molecule has 6 N–H and O–H groups in total. The minimum Gasteiger partial charge on any atom is -1.00 e. The zero-order valence-electron chi connectivity index (χ0n) is 79.2. The van der Waals surface area contributed by atoms with Crippen molar-refractivity contribution in [1.82, 2.24) is 0 Å². The first-order valence-electron chi connectivity index (χ1n) is 51.5. The molecule has 21 aliphatic rings. The predicted molar refractivity (Wildman–Crippen MR) is 487 cm³/mol. The van der Waals surface area contributed by atoms with E-state index in [1.807, 2.05) is 13.8 Å². The van der Waals surface area contributed by atoms with Crippen LogP contribution in [0.15, 0.2) is 34.9 Å². The second-order valence-corrected chi connectivity index (χ2v) is 49.1. The molecular formula is C109H181BrMgO8. The average molecular weight is 1720 g/mol. The first-order valence-corrected chi connectivity index (χ1v) is 51.5. The van der Waals surface area contributed by atoms with Crippen LogP contribution in [-0.4, -0.2) is 107 Å². The maximum Gasteiger partial charge on any atom is 2.00 e. The summed E-state index contributed by atoms with van der Waals surface area (Å²) >= 11 is 0. The number of hydrogen-bond donors (Lipinski definition) is 6. The van der Waals surface area contributed by atoms with Crippen molar-refractivity contribution >= 4 is 28.8 Å². The van der Waals surface area contributed by atoms with Crippen molar-refractivity contribution in [1.29, 1.82) is 0 Å². The fraction of sp³-hybridized carbons (Fsp3) is 0.927. The van der Waals surface area contributed by atoms with E-state index in [4.69, 9.17) is 4.74 Å². The maximum absolute atomic E-state index is 11.8. The molecule has 0 aromatic heterocycles. The van der Waals surface area contributed by atoms with Crippen LogP contribution >= 0.6 is 0 Å². The van der Waals surface area contributed by atoms with Crippen molar-refractivity contribution in [3.8, 4) is 0 Å². The van der Waals surface area contributed by atoms with Gasteiger partial charge < -0.3 is 59.8 Å². The van der Waals surface area contributed by atoms with Gasteiger partial charge in [-0.2, -0.15) is 0 Å². The summed E-state index contributed by atoms with van der Waals surface area (Å²) in [5, 5.41) is 62.4. The topological polar surface area (TPSA) is 148 Å². The Morgan fingerprint density at radius 3 is 0.866 bits per heavy atom. The SMILES string of the molecule is C1CCOC1.CC(O)C1CC[C@H]2[C@@H]3CC[C@H]4C[C@@](C)(O)CC[C@@H]4[C@H]3CC[C@]12C.CC(O)C1CC[C@H]2[C@@H]3CC[C@H]4C[C@](C)(O)CC[C@@H]4[C@H]3CC[C@]12C.CC=C1CC[C@H]2[C@@H]3CC[C@H]4CC(=O)CC[C@@H]4[C@H]3CC[C@]12C.CC=C1CC[C@H]2[C@@H]3CC[C@H]4C[C@@](C)(O)CC[C@@H]4[C@H]3CC[C@]12C.CC=C1CC[C@H]2[C@@H]3CC[C@H]4C[C@](C)(O)CC[C@@H]4[C@H]3CC[C@]12C.[Br-].[CH3-].[Mg+2]. The summed E-state index contributed by atoms with van der Waals surface area (Å²) in [6.07, 6.45) is 67.5. The van der Waals surface area contributed by atoms with E-state index in [0.29, 0.717) is 44.7 Å². The van der Waals surface area contributed by atoms with Crippen molar-refractivity contribution in [3.63, 3.8) is 0 Å². The average Bonchev–Trinajstić information content (AvgIpc) is 1.63. The molecule has 674 valence electrons. The molecule has 38 atom stereocenters. The number of halogens is 1. The van der Waals surface area contributed by atoms with E-state index < -0.39 is 11.2 Å². The smallest absolute Gasteiger partial charge is 1.00 e. The fourth-order valence-corrected chi connectivity index (χ4v) is 38.1. The molecule has 119 heavy (non-hydrogen) atoms. The molecule has 8 nitrogen and oxygen atoms in total. The zero-order valence-corrected chi connectivity index (χ0v) is 82.2. The molecular weight excluding hydrogens is 1540 g/mol. The Bertz CT molecular complexity index is 3280. The molecule has 10 heteroatoms. The monoisotopic (exact) mass is 1720 g/mol. The maximum atomic E-state index is 11.8. The first kappa shape index (κ1) is 96.4. The molecule has 20 aliphatic carbocycles. The van der Waals surface area contributed by atoms with Gasteiger partial charge in [-0.3, -0.25) is 4.79 Å². The van der Waals surface area contributed by atoms with Crippen molar-refractivity contribution < 1.29 is 57.2 Å². The number of aliphatic hydroxyl groups is 6. The number of ketones is 1. The third-order valence-electron chi connectivity index (χ3n) is 43.4. The molecule has 0 aromatic rings. The number of aliphatic hydroxyl groups excluding tert-OH is 2. The normalized spacial score (nSPS) is 53.1. The van der Waals surface area contributed by atoms with E-state index in [1.54, 1.807) is 16.7 Å². The molecule has 0 aromatic carbocycles. The Hall–Kier alpha value is -0.144. The second kappa shape index (κ2) is 38.0. The van der Waals surface area contributed by atoms with Crippen LogP contribution in [0.2, 0.25) is 0 Å². The summed E-state index contributed by atoms with van der Waals surface area (Å²) in [7, 11) is 0. The molecule has 21 rings (SSSR count). The number of ether oxygens (including phenoxy) is 1. The molecule has 0 amide bonds. The molecule has 20 saturated carbocycles. The van der Waals surface area contributed by atoms with Gasteiger partial charge in [0, 0.05) is 26.1 Å². The Morgan fingerprint density at radius 1 is 0.319 bits per heavy atom. The van der Waals surface area contributed by atoms with E-state index in [-0.39, 0.29) is 70.9 Å². The van der Waals surface area contributed by atoms with Crippen LogP contribution in [0.1, 0.15) is 399 Å². The van der Waals surface area contributed by atoms with Crippen molar-refractivity contribution in [2.24, 2.45) is 187 Å². The molecule has 1 heterocycles. The number of carbonyl (C=O) groups excluding carboxylic acids is 1. The number of rotatable bonds is 2. The standard InChI is InChI=1S/2C21H36O2.2C21H34O.C20H30O.C4H8O.CH3.BrH.Mg/c2*1-13(22)18-6-7-19-17-5-4-14-12-20(2,23)10-8-15(14)16(17)9-11-21(18,19)3;2*1-4-15-6-8-19-18-7-5-14-13-20(2,22)11-9-16(14)17(18)10-12-21(15,19)3;1-3-14-5-9-19-18-7-4-13-12-15(21)6-8-16(13)17(18)10-11-20(14,19)2;1-2-4-5-3-1;;;/h2*13-19,22-23H,4-12H2,1-3H3;2*4,14,16-19,22H,5-13H2,1-3H3;3,13,16-19H,4-12H2,1-2H3;1-4H2;1H3;1H;/q;;;;;;-1;;+2/p-1/t13?,14-,15-,16+,17+,18?,19-,20+,21+;13?,14-,15-,16+,17+,18?,19-,20-,21+;14-,16-,17+,18+,19-,20+,21+;14-,16-,17+,18+,19-,20-,21+;13-,16-,17+,18+,19-,20+;;;;/m00000..../s1. The van der Waals surface area contributed by atoms with Crippen molar-refractivity contribution in [2.45, 2.75) is 433 Å². The zero-order chi connectivity index (χ0) is 82.0. The number of allylic oxidation sites excluding steroid dienone is 6. The fourth-order valence-electron chi connectivity index (χ4n) is 38.1. The van der Waals surface area contributed by atoms with Gasteiger partial charge in [-0.05, 0) is 538 Å². The Labute approximate surface area is 756 Å². The van der Waals surface area contributed by atoms with E-state index in [0.717, 1.165) is 225 Å². The quantitative estimate of drug-likeness (QED) is 0.0910. The van der Waals surface area contributed by atoms with Crippen LogP contribution in [-0.2, 0) is 9.53 Å². The summed E-state index contributed by atoms with van der Waals surface area (Å²) in [6, 6.07) is 0. The molecule has 1 aliphatic heterocycles. The third kappa shape index (κ3) is 18.6. The van der Waals surface area contributed by atoms with Crippen LogP contribution in [0.3, 0.4) is 0 Å². The van der Waals surface area contributed by atoms with Gasteiger partial charge in [-0.15, -0.1) is 0 Å². The minimum atomic E-state index is -0.401. The Morgan fingerprint density at radius 2 is 0.588 bits per heavy atom. The second-order valence-electron chi connectivity index (χ2n) is 49.1. The largest absolute Gasteiger partial charge is 2.00 e. The summed E-state index contributed by atoms with van der Waals surface area (Å²) < 4.78 is 4.94. The summed E-state index contributed by atoms with van der Waals surface area (Å²) in [5.41, 5.74) is 6.11. The molecule has 21 fully saturated rings. The minimum absolute atomic E-state index is 0. The van der Waals surface area contributed by atoms with Gasteiger partial charge in [0.25, 0.3) is 0 Å². The van der Waals surface area contributed by atoms with E-state index >= 15 is 0 Å². The van der Waals surface area contributed by atoms with Crippen LogP contribution in [0.5, 0.6) is 0 Å². The van der Waals surface area contributed by atoms with Gasteiger partial charge in [-0.1, -0.05) is 69.6 Å². The van der Waals surface area contributed by atoms with E-state index in [2.05, 4.69) is 101 Å². The van der Waals surface area contributed by atoms with E-state index in [1.165, 1.54) is 238 Å². The number of hydrogen-bond acceptors (Lipinski definition) is 8. The number of fused-ring (bicyclic) bond motifs is 25. The van der Waals surface area contributed by atoms with Crippen LogP contribution in [0.25, 0.3) is 0 Å². The summed E-state index contributed by atoms with van der Waals surface area (Å²) in [5.74, 6) is 24.1. The van der Waals surface area contributed by atoms with Crippen molar-refractivity contribution in [3.05, 3.63) is 42.4 Å². The van der Waals surface area contributed by atoms with E-state index in [9.17, 15) is 35.4 Å². The van der Waals surface area contributed by atoms with Gasteiger partial charge in [0.1, 0.15) is 5.78 Å². The van der Waals surface area contributed by atoms with Gasteiger partial charge in [0.05, 0.1) is 34.6 Å². The van der Waals surface area contributed by atoms with Crippen LogP contribution in [0, 0.1) is 194 Å². The molecule has 0 radical (unpaired) electrons. The van der Waals surface area contributed by atoms with Gasteiger partial charge >= 0.3 is 23.1 Å². The molecule has 0 spiro atoms. The van der Waals surface area contributed by atoms with Crippen molar-refractivity contribution in [2.75, 3.05) is 13.2 Å². The Balaban J connectivity index is 0.000000126. The molecule has 1 saturated heterocycles. The summed E-state index contributed by atoms with van der Waals surface area (Å²) in [4.78, 5) is 11.8. The number of Topliss-reactive ketones (excluding diaryl/α,β-unsaturated/α-hetero) is 1. The predicted octanol–water partition coefficient (Wildman–Crippen LogP) is 22.5. The van der Waals surface area contributed by atoms with Crippen LogP contribution in [0.4, 0.5) is 0 Å². The third-order valence-corrected chi connectivity index (χ3v) is 43.4. The van der Waals surface area contributed by atoms with Gasteiger partial charge in [0.2, 0.25) is 0 Å². The van der Waals surface area contributed by atoms with Gasteiger partial charge in [-0.25, -0.2) is 0 Å². The summed E-state index contributed by atoms with van der Waals surface area (Å²) in [6.45, 7) is 33.8. The number of carbonyl (C=O) groups is 1. The Kier molecular flexibility index (Phi) is 30.8. The molecule has 0 bridgehead atoms. The first-order chi connectivity index (χ1) is 55.2. The molecule has 4 unspecified atom stereocenters.